The number of hydrogen-bond donors (Lipinski definition) is 0. The molecule has 0 spiro atoms. The highest BCUT2D eigenvalue weighted by Crippen LogP contribution is 2.23. The van der Waals surface area contributed by atoms with Gasteiger partial charge in [-0.05, 0) is 50.5 Å². The number of ether oxygens (including phenoxy) is 1. The standard InChI is InChI=1S/C20H31N3O5S2/c1-2-28-18-8-17-23(16-7-13-21)30(26,27)20-11-9-19(10-12-20)29(24,25)22-14-5-3-4-6-15-22/h9-12H,2-8,14-18H2,1H3. The molecule has 1 aromatic carbocycles. The van der Waals surface area contributed by atoms with E-state index >= 15 is 0 Å². The van der Waals surface area contributed by atoms with Gasteiger partial charge in [-0.15, -0.1) is 0 Å². The minimum Gasteiger partial charge on any atom is -0.382 e. The van der Waals surface area contributed by atoms with Crippen LogP contribution in [0.15, 0.2) is 34.1 Å². The van der Waals surface area contributed by atoms with E-state index in [0.717, 1.165) is 25.7 Å². The monoisotopic (exact) mass is 457 g/mol. The molecule has 0 aromatic heterocycles. The Morgan fingerprint density at radius 1 is 1.00 bits per heavy atom. The normalized spacial score (nSPS) is 16.3. The van der Waals surface area contributed by atoms with Gasteiger partial charge in [-0.3, -0.25) is 0 Å². The zero-order valence-electron chi connectivity index (χ0n) is 17.5. The molecule has 1 aliphatic rings. The molecule has 0 N–H and O–H groups in total. The van der Waals surface area contributed by atoms with Crippen molar-refractivity contribution in [3.05, 3.63) is 24.3 Å². The van der Waals surface area contributed by atoms with E-state index in [4.69, 9.17) is 10.00 Å². The summed E-state index contributed by atoms with van der Waals surface area (Å²) in [6, 6.07) is 7.36. The van der Waals surface area contributed by atoms with Gasteiger partial charge in [0.1, 0.15) is 0 Å². The van der Waals surface area contributed by atoms with E-state index in [1.54, 1.807) is 0 Å². The molecule has 2 rings (SSSR count). The maximum atomic E-state index is 13.0. The lowest BCUT2D eigenvalue weighted by atomic mass is 10.2. The number of sulfonamides is 2. The van der Waals surface area contributed by atoms with Gasteiger partial charge in [-0.1, -0.05) is 12.8 Å². The fourth-order valence-corrected chi connectivity index (χ4v) is 6.37. The second kappa shape index (κ2) is 11.8. The summed E-state index contributed by atoms with van der Waals surface area (Å²) in [7, 11) is -7.47. The Labute approximate surface area is 180 Å². The molecule has 1 fully saturated rings. The first kappa shape index (κ1) is 24.8. The predicted octanol–water partition coefficient (Wildman–Crippen LogP) is 2.58. The quantitative estimate of drug-likeness (QED) is 0.473. The predicted molar refractivity (Wildman–Crippen MR) is 114 cm³/mol. The van der Waals surface area contributed by atoms with Crippen LogP contribution in [0.4, 0.5) is 0 Å². The molecule has 10 heteroatoms. The fraction of sp³-hybridized carbons (Fsp3) is 0.650. The van der Waals surface area contributed by atoms with Crippen LogP contribution in [0.2, 0.25) is 0 Å². The Morgan fingerprint density at radius 3 is 2.17 bits per heavy atom. The van der Waals surface area contributed by atoms with E-state index in [9.17, 15) is 16.8 Å². The average Bonchev–Trinajstić information content (AvgIpc) is 3.03. The summed E-state index contributed by atoms with van der Waals surface area (Å²) in [5.74, 6) is 0. The third-order valence-electron chi connectivity index (χ3n) is 5.04. The molecule has 0 amide bonds. The van der Waals surface area contributed by atoms with E-state index < -0.39 is 20.0 Å². The Morgan fingerprint density at radius 2 is 1.60 bits per heavy atom. The van der Waals surface area contributed by atoms with Crippen molar-refractivity contribution >= 4 is 20.0 Å². The van der Waals surface area contributed by atoms with Crippen LogP contribution < -0.4 is 0 Å². The Bertz CT molecular complexity index is 901. The highest BCUT2D eigenvalue weighted by atomic mass is 32.2. The fourth-order valence-electron chi connectivity index (χ4n) is 3.38. The van der Waals surface area contributed by atoms with Gasteiger partial charge in [0.05, 0.1) is 15.9 Å². The third kappa shape index (κ3) is 6.49. The molecular formula is C20H31N3O5S2. The molecule has 0 unspecified atom stereocenters. The maximum absolute atomic E-state index is 13.0. The van der Waals surface area contributed by atoms with Crippen molar-refractivity contribution < 1.29 is 21.6 Å². The first-order valence-corrected chi connectivity index (χ1v) is 13.3. The molecule has 8 nitrogen and oxygen atoms in total. The SMILES string of the molecule is CCOCCCN(CCC#N)S(=O)(=O)c1ccc(S(=O)(=O)N2CCCCCC2)cc1. The topological polar surface area (TPSA) is 108 Å². The zero-order valence-corrected chi connectivity index (χ0v) is 19.1. The molecule has 30 heavy (non-hydrogen) atoms. The van der Waals surface area contributed by atoms with Crippen molar-refractivity contribution in [2.24, 2.45) is 0 Å². The molecule has 0 atom stereocenters. The molecule has 1 heterocycles. The van der Waals surface area contributed by atoms with Crippen LogP contribution in [0.1, 0.15) is 45.4 Å². The minimum absolute atomic E-state index is 0.0201. The first-order valence-electron chi connectivity index (χ1n) is 10.4. The summed E-state index contributed by atoms with van der Waals surface area (Å²) in [5, 5.41) is 8.86. The van der Waals surface area contributed by atoms with E-state index in [1.165, 1.54) is 32.9 Å². The number of nitriles is 1. The van der Waals surface area contributed by atoms with E-state index in [-0.39, 0.29) is 29.3 Å². The summed E-state index contributed by atoms with van der Waals surface area (Å²) in [5.41, 5.74) is 0. The highest BCUT2D eigenvalue weighted by molar-refractivity contribution is 7.89. The lowest BCUT2D eigenvalue weighted by Crippen LogP contribution is -2.34. The molecule has 0 saturated carbocycles. The zero-order chi connectivity index (χ0) is 22.0. The van der Waals surface area contributed by atoms with Crippen molar-refractivity contribution in [3.63, 3.8) is 0 Å². The summed E-state index contributed by atoms with van der Waals surface area (Å²) < 4.78 is 59.9. The van der Waals surface area contributed by atoms with Gasteiger partial charge in [0.2, 0.25) is 20.0 Å². The van der Waals surface area contributed by atoms with Gasteiger partial charge >= 0.3 is 0 Å². The third-order valence-corrected chi connectivity index (χ3v) is 8.86. The summed E-state index contributed by atoms with van der Waals surface area (Å²) >= 11 is 0. The van der Waals surface area contributed by atoms with E-state index in [0.29, 0.717) is 32.7 Å². The first-order chi connectivity index (χ1) is 14.3. The van der Waals surface area contributed by atoms with Gasteiger partial charge in [-0.25, -0.2) is 16.8 Å². The molecule has 0 aliphatic carbocycles. The number of benzene rings is 1. The smallest absolute Gasteiger partial charge is 0.243 e. The molecule has 1 aromatic rings. The lowest BCUT2D eigenvalue weighted by molar-refractivity contribution is 0.140. The molecular weight excluding hydrogens is 426 g/mol. The lowest BCUT2D eigenvalue weighted by Gasteiger charge is -2.22. The molecule has 1 saturated heterocycles. The van der Waals surface area contributed by atoms with Gasteiger partial charge in [0.25, 0.3) is 0 Å². The van der Waals surface area contributed by atoms with Crippen LogP contribution in [0.3, 0.4) is 0 Å². The van der Waals surface area contributed by atoms with Crippen molar-refractivity contribution in [2.45, 2.75) is 55.2 Å². The van der Waals surface area contributed by atoms with Crippen molar-refractivity contribution in [1.29, 1.82) is 5.26 Å². The average molecular weight is 458 g/mol. The number of rotatable bonds is 11. The molecule has 0 bridgehead atoms. The maximum Gasteiger partial charge on any atom is 0.243 e. The Hall–Kier alpha value is -1.51. The second-order valence-electron chi connectivity index (χ2n) is 7.15. The van der Waals surface area contributed by atoms with Crippen LogP contribution in [-0.2, 0) is 24.8 Å². The van der Waals surface area contributed by atoms with Gasteiger partial charge < -0.3 is 4.74 Å². The van der Waals surface area contributed by atoms with Gasteiger partial charge in [-0.2, -0.15) is 13.9 Å². The number of hydrogen-bond acceptors (Lipinski definition) is 6. The molecule has 0 radical (unpaired) electrons. The van der Waals surface area contributed by atoms with E-state index in [2.05, 4.69) is 0 Å². The van der Waals surface area contributed by atoms with Crippen LogP contribution in [0, 0.1) is 11.3 Å². The Kier molecular flexibility index (Phi) is 9.71. The van der Waals surface area contributed by atoms with Crippen LogP contribution in [0.25, 0.3) is 0 Å². The Balaban J connectivity index is 2.19. The van der Waals surface area contributed by atoms with Crippen molar-refractivity contribution in [2.75, 3.05) is 39.4 Å². The van der Waals surface area contributed by atoms with Crippen molar-refractivity contribution in [3.8, 4) is 6.07 Å². The second-order valence-corrected chi connectivity index (χ2v) is 11.0. The van der Waals surface area contributed by atoms with Crippen LogP contribution in [-0.4, -0.2) is 64.8 Å². The summed E-state index contributed by atoms with van der Waals surface area (Å²) in [6.45, 7) is 4.15. The van der Waals surface area contributed by atoms with Crippen molar-refractivity contribution in [1.82, 2.24) is 8.61 Å². The van der Waals surface area contributed by atoms with Gasteiger partial charge in [0, 0.05) is 45.8 Å². The number of nitrogens with zero attached hydrogens (tertiary/aromatic N) is 3. The van der Waals surface area contributed by atoms with Crippen LogP contribution >= 0.6 is 0 Å². The molecule has 1 aliphatic heterocycles. The summed E-state index contributed by atoms with van der Waals surface area (Å²) in [4.78, 5) is 0.120. The summed E-state index contributed by atoms with van der Waals surface area (Å²) in [6.07, 6.45) is 4.30. The minimum atomic E-state index is -3.84. The van der Waals surface area contributed by atoms with E-state index in [1.807, 2.05) is 13.0 Å². The highest BCUT2D eigenvalue weighted by Gasteiger charge is 2.27. The van der Waals surface area contributed by atoms with Crippen LogP contribution in [0.5, 0.6) is 0 Å². The van der Waals surface area contributed by atoms with Gasteiger partial charge in [0.15, 0.2) is 0 Å². The molecule has 168 valence electrons. The largest absolute Gasteiger partial charge is 0.382 e.